The van der Waals surface area contributed by atoms with E-state index in [1.807, 2.05) is 6.07 Å². The van der Waals surface area contributed by atoms with Crippen LogP contribution in [0.25, 0.3) is 0 Å². The van der Waals surface area contributed by atoms with Crippen LogP contribution in [0, 0.1) is 11.8 Å². The lowest BCUT2D eigenvalue weighted by Gasteiger charge is -2.16. The minimum Gasteiger partial charge on any atom is -0.493 e. The van der Waals surface area contributed by atoms with Crippen LogP contribution in [0.3, 0.4) is 0 Å². The molecular formula is C18H25NO6. The van der Waals surface area contributed by atoms with Gasteiger partial charge in [0.15, 0.2) is 11.5 Å². The zero-order valence-corrected chi connectivity index (χ0v) is 14.8. The molecule has 138 valence electrons. The van der Waals surface area contributed by atoms with Crippen LogP contribution in [-0.4, -0.2) is 44.9 Å². The molecule has 0 saturated heterocycles. The van der Waals surface area contributed by atoms with E-state index in [2.05, 4.69) is 5.32 Å². The van der Waals surface area contributed by atoms with E-state index in [4.69, 9.17) is 19.3 Å². The van der Waals surface area contributed by atoms with Crippen LogP contribution in [-0.2, 0) is 16.0 Å². The molecule has 1 fully saturated rings. The van der Waals surface area contributed by atoms with Gasteiger partial charge >= 0.3 is 5.97 Å². The van der Waals surface area contributed by atoms with Crippen molar-refractivity contribution in [3.63, 3.8) is 0 Å². The molecule has 0 aromatic heterocycles. The molecule has 0 unspecified atom stereocenters. The topological polar surface area (TPSA) is 94.1 Å². The number of benzene rings is 1. The molecule has 2 atom stereocenters. The van der Waals surface area contributed by atoms with Gasteiger partial charge in [0, 0.05) is 18.0 Å². The molecule has 1 aromatic carbocycles. The number of nitrogens with one attached hydrogen (secondary N) is 1. The fourth-order valence-corrected chi connectivity index (χ4v) is 3.27. The molecule has 1 aromatic rings. The fraction of sp³-hybridized carbons (Fsp3) is 0.556. The van der Waals surface area contributed by atoms with Crippen molar-refractivity contribution < 1.29 is 28.9 Å². The van der Waals surface area contributed by atoms with E-state index < -0.39 is 11.9 Å². The van der Waals surface area contributed by atoms with Gasteiger partial charge in [0.25, 0.3) is 0 Å². The summed E-state index contributed by atoms with van der Waals surface area (Å²) in [6.07, 6.45) is 2.19. The van der Waals surface area contributed by atoms with Crippen LogP contribution in [0.4, 0.5) is 0 Å². The van der Waals surface area contributed by atoms with Gasteiger partial charge in [-0.2, -0.15) is 0 Å². The average molecular weight is 351 g/mol. The first-order chi connectivity index (χ1) is 12.0. The molecule has 0 bridgehead atoms. The number of carbonyl (C=O) groups is 2. The van der Waals surface area contributed by atoms with Crippen molar-refractivity contribution in [3.8, 4) is 17.2 Å². The minimum atomic E-state index is -0.814. The number of carboxylic acid groups (broad SMARTS) is 1. The molecule has 1 aliphatic carbocycles. The number of amides is 1. The normalized spacial score (nSPS) is 19.3. The van der Waals surface area contributed by atoms with E-state index in [1.54, 1.807) is 27.4 Å². The smallest absolute Gasteiger partial charge is 0.306 e. The van der Waals surface area contributed by atoms with Crippen molar-refractivity contribution in [2.45, 2.75) is 25.7 Å². The Hall–Kier alpha value is -2.44. The average Bonchev–Trinajstić information content (AvgIpc) is 3.11. The standard InChI is InChI=1S/C18H25NO6/c1-23-14-7-6-11(15(24-2)16(14)25-3)8-9-19-17(20)12-4-5-13(10-12)18(21)22/h6-7,12-13H,4-5,8-10H2,1-3H3,(H,19,20)(H,21,22)/t12-,13+/m1/s1. The molecule has 1 saturated carbocycles. The van der Waals surface area contributed by atoms with Crippen molar-refractivity contribution in [1.82, 2.24) is 5.32 Å². The first-order valence-corrected chi connectivity index (χ1v) is 8.30. The summed E-state index contributed by atoms with van der Waals surface area (Å²) in [5, 5.41) is 11.9. The lowest BCUT2D eigenvalue weighted by molar-refractivity contribution is -0.141. The Labute approximate surface area is 147 Å². The highest BCUT2D eigenvalue weighted by Gasteiger charge is 2.33. The van der Waals surface area contributed by atoms with E-state index in [1.165, 1.54) is 0 Å². The summed E-state index contributed by atoms with van der Waals surface area (Å²) in [5.74, 6) is 0.179. The number of rotatable bonds is 8. The lowest BCUT2D eigenvalue weighted by atomic mass is 10.0. The quantitative estimate of drug-likeness (QED) is 0.743. The maximum atomic E-state index is 12.2. The van der Waals surface area contributed by atoms with Crippen LogP contribution in [0.2, 0.25) is 0 Å². The molecule has 0 spiro atoms. The Kier molecular flexibility index (Phi) is 6.50. The maximum absolute atomic E-state index is 12.2. The number of carbonyl (C=O) groups excluding carboxylic acids is 1. The Morgan fingerprint density at radius 3 is 2.32 bits per heavy atom. The zero-order chi connectivity index (χ0) is 18.4. The molecule has 7 heteroatoms. The third-order valence-corrected chi connectivity index (χ3v) is 4.63. The highest BCUT2D eigenvalue weighted by atomic mass is 16.5. The van der Waals surface area contributed by atoms with Gasteiger partial charge in [-0.15, -0.1) is 0 Å². The first-order valence-electron chi connectivity index (χ1n) is 8.30. The summed E-state index contributed by atoms with van der Waals surface area (Å²) in [4.78, 5) is 23.2. The van der Waals surface area contributed by atoms with Crippen molar-refractivity contribution >= 4 is 11.9 Å². The fourth-order valence-electron chi connectivity index (χ4n) is 3.27. The Morgan fingerprint density at radius 2 is 1.76 bits per heavy atom. The predicted octanol–water partition coefficient (Wildman–Crippen LogP) is 1.87. The van der Waals surface area contributed by atoms with Gasteiger partial charge in [-0.25, -0.2) is 0 Å². The maximum Gasteiger partial charge on any atom is 0.306 e. The van der Waals surface area contributed by atoms with Crippen LogP contribution in [0.15, 0.2) is 12.1 Å². The third-order valence-electron chi connectivity index (χ3n) is 4.63. The summed E-state index contributed by atoms with van der Waals surface area (Å²) in [6.45, 7) is 0.443. The van der Waals surface area contributed by atoms with E-state index in [0.29, 0.717) is 49.5 Å². The number of methoxy groups -OCH3 is 3. The van der Waals surface area contributed by atoms with Gasteiger partial charge < -0.3 is 24.6 Å². The van der Waals surface area contributed by atoms with Gasteiger partial charge in [0.05, 0.1) is 27.2 Å². The van der Waals surface area contributed by atoms with Gasteiger partial charge in [-0.05, 0) is 31.7 Å². The number of hydrogen-bond donors (Lipinski definition) is 2. The van der Waals surface area contributed by atoms with Gasteiger partial charge in [0.2, 0.25) is 11.7 Å². The highest BCUT2D eigenvalue weighted by molar-refractivity contribution is 5.80. The van der Waals surface area contributed by atoms with Crippen LogP contribution < -0.4 is 19.5 Å². The third kappa shape index (κ3) is 4.35. The second-order valence-electron chi connectivity index (χ2n) is 6.08. The Morgan fingerprint density at radius 1 is 1.08 bits per heavy atom. The highest BCUT2D eigenvalue weighted by Crippen LogP contribution is 2.39. The molecule has 7 nitrogen and oxygen atoms in total. The van der Waals surface area contributed by atoms with E-state index >= 15 is 0 Å². The van der Waals surface area contributed by atoms with Crippen molar-refractivity contribution in [1.29, 1.82) is 0 Å². The lowest BCUT2D eigenvalue weighted by Crippen LogP contribution is -2.31. The largest absolute Gasteiger partial charge is 0.493 e. The zero-order valence-electron chi connectivity index (χ0n) is 14.8. The van der Waals surface area contributed by atoms with Crippen LogP contribution in [0.5, 0.6) is 17.2 Å². The van der Waals surface area contributed by atoms with E-state index in [-0.39, 0.29) is 11.8 Å². The Bertz CT molecular complexity index is 630. The number of aliphatic carboxylic acids is 1. The van der Waals surface area contributed by atoms with Crippen molar-refractivity contribution in [2.75, 3.05) is 27.9 Å². The second kappa shape index (κ2) is 8.60. The van der Waals surface area contributed by atoms with Crippen molar-refractivity contribution in [2.24, 2.45) is 11.8 Å². The molecule has 0 aliphatic heterocycles. The second-order valence-corrected chi connectivity index (χ2v) is 6.08. The van der Waals surface area contributed by atoms with E-state index in [0.717, 1.165) is 5.56 Å². The predicted molar refractivity (Wildman–Crippen MR) is 91.3 cm³/mol. The van der Waals surface area contributed by atoms with Crippen LogP contribution >= 0.6 is 0 Å². The van der Waals surface area contributed by atoms with Crippen molar-refractivity contribution in [3.05, 3.63) is 17.7 Å². The molecule has 2 N–H and O–H groups in total. The molecule has 2 rings (SSSR count). The molecular weight excluding hydrogens is 326 g/mol. The van der Waals surface area contributed by atoms with Gasteiger partial charge in [0.1, 0.15) is 0 Å². The van der Waals surface area contributed by atoms with Gasteiger partial charge in [-0.3, -0.25) is 9.59 Å². The Balaban J connectivity index is 1.93. The SMILES string of the molecule is COc1ccc(CCNC(=O)[C@@H]2CC[C@H](C(=O)O)C2)c(OC)c1OC. The van der Waals surface area contributed by atoms with Crippen LogP contribution in [0.1, 0.15) is 24.8 Å². The molecule has 25 heavy (non-hydrogen) atoms. The molecule has 0 radical (unpaired) electrons. The monoisotopic (exact) mass is 351 g/mol. The summed E-state index contributed by atoms with van der Waals surface area (Å²) in [7, 11) is 4.66. The summed E-state index contributed by atoms with van der Waals surface area (Å²) in [6, 6.07) is 3.68. The number of carboxylic acids is 1. The van der Waals surface area contributed by atoms with E-state index in [9.17, 15) is 9.59 Å². The molecule has 0 heterocycles. The number of ether oxygens (including phenoxy) is 3. The summed E-state index contributed by atoms with van der Waals surface area (Å²) in [5.41, 5.74) is 0.898. The van der Waals surface area contributed by atoms with Gasteiger partial charge in [-0.1, -0.05) is 6.07 Å². The molecule has 1 amide bonds. The summed E-state index contributed by atoms with van der Waals surface area (Å²) < 4.78 is 16.0. The summed E-state index contributed by atoms with van der Waals surface area (Å²) >= 11 is 0. The number of hydrogen-bond acceptors (Lipinski definition) is 5. The minimum absolute atomic E-state index is 0.0804. The molecule has 1 aliphatic rings. The first kappa shape index (κ1) is 18.9.